The average molecular weight is 202 g/mol. The molecule has 6 heteroatoms. The standard InChI is InChI=1S/C8H18N4O2/c1-6(8(9)12-14)5-10-3-4-11-7(2)13/h6,10,14H,3-5H2,1-2H3,(H2,9,12)(H,11,13). The van der Waals surface area contributed by atoms with Gasteiger partial charge in [-0.15, -0.1) is 0 Å². The van der Waals surface area contributed by atoms with Crippen molar-refractivity contribution in [1.29, 1.82) is 0 Å². The Hall–Kier alpha value is -1.30. The minimum Gasteiger partial charge on any atom is -0.409 e. The molecule has 6 nitrogen and oxygen atoms in total. The molecule has 0 aromatic carbocycles. The Morgan fingerprint density at radius 2 is 2.21 bits per heavy atom. The van der Waals surface area contributed by atoms with Crippen LogP contribution in [0.1, 0.15) is 13.8 Å². The molecule has 0 aliphatic heterocycles. The van der Waals surface area contributed by atoms with Crippen LogP contribution < -0.4 is 16.4 Å². The van der Waals surface area contributed by atoms with E-state index in [0.29, 0.717) is 19.6 Å². The Kier molecular flexibility index (Phi) is 6.47. The number of hydrogen-bond acceptors (Lipinski definition) is 4. The molecule has 0 saturated carbocycles. The van der Waals surface area contributed by atoms with E-state index >= 15 is 0 Å². The van der Waals surface area contributed by atoms with E-state index in [1.54, 1.807) is 0 Å². The van der Waals surface area contributed by atoms with E-state index in [-0.39, 0.29) is 17.7 Å². The molecule has 14 heavy (non-hydrogen) atoms. The van der Waals surface area contributed by atoms with E-state index in [9.17, 15) is 4.79 Å². The minimum absolute atomic E-state index is 0.0164. The molecule has 5 N–H and O–H groups in total. The van der Waals surface area contributed by atoms with Gasteiger partial charge in [0.05, 0.1) is 0 Å². The summed E-state index contributed by atoms with van der Waals surface area (Å²) in [6, 6.07) is 0. The predicted molar refractivity (Wildman–Crippen MR) is 54.1 cm³/mol. The molecule has 0 aliphatic carbocycles. The van der Waals surface area contributed by atoms with Crippen molar-refractivity contribution in [2.24, 2.45) is 16.8 Å². The van der Waals surface area contributed by atoms with Crippen molar-refractivity contribution < 1.29 is 10.0 Å². The zero-order chi connectivity index (χ0) is 11.0. The lowest BCUT2D eigenvalue weighted by Gasteiger charge is -2.10. The van der Waals surface area contributed by atoms with Crippen LogP contribution in [-0.2, 0) is 4.79 Å². The monoisotopic (exact) mass is 202 g/mol. The van der Waals surface area contributed by atoms with Crippen molar-refractivity contribution in [3.63, 3.8) is 0 Å². The van der Waals surface area contributed by atoms with Crippen LogP contribution in [-0.4, -0.2) is 36.6 Å². The second-order valence-corrected chi connectivity index (χ2v) is 3.11. The number of carbonyl (C=O) groups is 1. The molecule has 1 atom stereocenters. The molecule has 1 unspecified atom stereocenters. The van der Waals surface area contributed by atoms with Gasteiger partial charge in [0.1, 0.15) is 5.84 Å². The maximum absolute atomic E-state index is 10.5. The second kappa shape index (κ2) is 7.14. The lowest BCUT2D eigenvalue weighted by Crippen LogP contribution is -2.35. The Morgan fingerprint density at radius 1 is 1.57 bits per heavy atom. The summed E-state index contributed by atoms with van der Waals surface area (Å²) in [5.74, 6) is 0.144. The molecule has 0 saturated heterocycles. The van der Waals surface area contributed by atoms with Crippen LogP contribution in [0.15, 0.2) is 5.16 Å². The first kappa shape index (κ1) is 12.7. The smallest absolute Gasteiger partial charge is 0.216 e. The first-order chi connectivity index (χ1) is 6.57. The van der Waals surface area contributed by atoms with Gasteiger partial charge in [-0.05, 0) is 0 Å². The summed E-state index contributed by atoms with van der Waals surface area (Å²) >= 11 is 0. The number of amides is 1. The van der Waals surface area contributed by atoms with Gasteiger partial charge in [-0.3, -0.25) is 4.79 Å². The topological polar surface area (TPSA) is 99.7 Å². The fraction of sp³-hybridized carbons (Fsp3) is 0.750. The largest absolute Gasteiger partial charge is 0.409 e. The molecule has 0 aromatic heterocycles. The molecule has 0 heterocycles. The lowest BCUT2D eigenvalue weighted by molar-refractivity contribution is -0.118. The van der Waals surface area contributed by atoms with Crippen molar-refractivity contribution >= 4 is 11.7 Å². The summed E-state index contributed by atoms with van der Waals surface area (Å²) in [6.45, 7) is 5.19. The maximum atomic E-state index is 10.5. The summed E-state index contributed by atoms with van der Waals surface area (Å²) in [5, 5.41) is 17.0. The maximum Gasteiger partial charge on any atom is 0.216 e. The van der Waals surface area contributed by atoms with Crippen LogP contribution in [0.25, 0.3) is 0 Å². The zero-order valence-electron chi connectivity index (χ0n) is 8.58. The molecule has 0 aliphatic rings. The molecule has 1 amide bonds. The van der Waals surface area contributed by atoms with Gasteiger partial charge in [0.2, 0.25) is 5.91 Å². The van der Waals surface area contributed by atoms with Gasteiger partial charge in [-0.25, -0.2) is 0 Å². The highest BCUT2D eigenvalue weighted by molar-refractivity contribution is 5.82. The molecular weight excluding hydrogens is 184 g/mol. The number of amidine groups is 1. The van der Waals surface area contributed by atoms with Gasteiger partial charge in [0, 0.05) is 32.5 Å². The van der Waals surface area contributed by atoms with Crippen LogP contribution in [0.5, 0.6) is 0 Å². The van der Waals surface area contributed by atoms with Crippen molar-refractivity contribution in [2.45, 2.75) is 13.8 Å². The molecule has 0 fully saturated rings. The number of rotatable bonds is 6. The average Bonchev–Trinajstić information content (AvgIpc) is 2.15. The Balaban J connectivity index is 3.41. The summed E-state index contributed by atoms with van der Waals surface area (Å²) in [7, 11) is 0. The van der Waals surface area contributed by atoms with Crippen LogP contribution in [0.4, 0.5) is 0 Å². The van der Waals surface area contributed by atoms with E-state index in [2.05, 4.69) is 15.8 Å². The Bertz CT molecular complexity index is 206. The SMILES string of the molecule is CC(=O)NCCNCC(C)C(N)=NO. The number of oxime groups is 1. The number of carbonyl (C=O) groups excluding carboxylic acids is 1. The first-order valence-electron chi connectivity index (χ1n) is 4.50. The molecule has 0 bridgehead atoms. The van der Waals surface area contributed by atoms with E-state index in [0.717, 1.165) is 0 Å². The summed E-state index contributed by atoms with van der Waals surface area (Å²) < 4.78 is 0. The first-order valence-corrected chi connectivity index (χ1v) is 4.50. The predicted octanol–water partition coefficient (Wildman–Crippen LogP) is -0.905. The molecule has 0 aromatic rings. The fourth-order valence-electron chi connectivity index (χ4n) is 0.849. The van der Waals surface area contributed by atoms with Crippen LogP contribution >= 0.6 is 0 Å². The number of nitrogens with one attached hydrogen (secondary N) is 2. The van der Waals surface area contributed by atoms with Gasteiger partial charge in [-0.2, -0.15) is 0 Å². The highest BCUT2D eigenvalue weighted by Gasteiger charge is 2.05. The molecule has 82 valence electrons. The highest BCUT2D eigenvalue weighted by atomic mass is 16.4. The summed E-state index contributed by atoms with van der Waals surface area (Å²) in [5.41, 5.74) is 5.37. The minimum atomic E-state index is -0.0451. The van der Waals surface area contributed by atoms with Crippen molar-refractivity contribution in [1.82, 2.24) is 10.6 Å². The van der Waals surface area contributed by atoms with Crippen molar-refractivity contribution in [2.75, 3.05) is 19.6 Å². The summed E-state index contributed by atoms with van der Waals surface area (Å²) in [4.78, 5) is 10.5. The number of nitrogens with zero attached hydrogens (tertiary/aromatic N) is 1. The molecule has 0 rings (SSSR count). The second-order valence-electron chi connectivity index (χ2n) is 3.11. The normalized spacial score (nSPS) is 13.7. The number of hydrogen-bond donors (Lipinski definition) is 4. The third kappa shape index (κ3) is 6.24. The molecule has 0 spiro atoms. The summed E-state index contributed by atoms with van der Waals surface area (Å²) in [6.07, 6.45) is 0. The van der Waals surface area contributed by atoms with Gasteiger partial charge in [0.25, 0.3) is 0 Å². The Labute approximate surface area is 83.5 Å². The quantitative estimate of drug-likeness (QED) is 0.147. The van der Waals surface area contributed by atoms with Gasteiger partial charge in [0.15, 0.2) is 0 Å². The van der Waals surface area contributed by atoms with Crippen molar-refractivity contribution in [3.05, 3.63) is 0 Å². The molecule has 0 radical (unpaired) electrons. The van der Waals surface area contributed by atoms with E-state index in [1.807, 2.05) is 6.92 Å². The fourth-order valence-corrected chi connectivity index (χ4v) is 0.849. The van der Waals surface area contributed by atoms with E-state index in [1.165, 1.54) is 6.92 Å². The Morgan fingerprint density at radius 3 is 2.71 bits per heavy atom. The number of nitrogens with two attached hydrogens (primary N) is 1. The van der Waals surface area contributed by atoms with Crippen LogP contribution in [0.2, 0.25) is 0 Å². The van der Waals surface area contributed by atoms with Gasteiger partial charge < -0.3 is 21.6 Å². The van der Waals surface area contributed by atoms with E-state index in [4.69, 9.17) is 10.9 Å². The van der Waals surface area contributed by atoms with E-state index < -0.39 is 0 Å². The zero-order valence-corrected chi connectivity index (χ0v) is 8.58. The molecular formula is C8H18N4O2. The highest BCUT2D eigenvalue weighted by Crippen LogP contribution is 1.90. The lowest BCUT2D eigenvalue weighted by atomic mass is 10.1. The third-order valence-electron chi connectivity index (χ3n) is 1.75. The van der Waals surface area contributed by atoms with Gasteiger partial charge >= 0.3 is 0 Å². The van der Waals surface area contributed by atoms with Gasteiger partial charge in [-0.1, -0.05) is 12.1 Å². The van der Waals surface area contributed by atoms with Crippen molar-refractivity contribution in [3.8, 4) is 0 Å². The van der Waals surface area contributed by atoms with Crippen LogP contribution in [0, 0.1) is 5.92 Å². The third-order valence-corrected chi connectivity index (χ3v) is 1.75. The van der Waals surface area contributed by atoms with Crippen LogP contribution in [0.3, 0.4) is 0 Å².